The molecule has 0 aliphatic carbocycles. The van der Waals surface area contributed by atoms with E-state index < -0.39 is 11.8 Å². The van der Waals surface area contributed by atoms with Crippen LogP contribution >= 0.6 is 0 Å². The van der Waals surface area contributed by atoms with Gasteiger partial charge in [0.05, 0.1) is 23.8 Å². The number of fused-ring (bicyclic) bond motifs is 3. The molecule has 1 aromatic heterocycles. The number of halogens is 1. The van der Waals surface area contributed by atoms with Crippen molar-refractivity contribution in [3.63, 3.8) is 0 Å². The highest BCUT2D eigenvalue weighted by atomic mass is 19.1. The van der Waals surface area contributed by atoms with Crippen molar-refractivity contribution < 1.29 is 19.0 Å². The molecule has 2 aromatic rings. The molecule has 0 fully saturated rings. The molecule has 0 spiro atoms. The minimum absolute atomic E-state index is 0.190. The number of nitrogen functional groups attached to an aromatic ring is 1. The first-order chi connectivity index (χ1) is 8.99. The number of carboxylic acid groups (broad SMARTS) is 1. The second kappa shape index (κ2) is 3.89. The molecular weight excluding hydrogens is 251 g/mol. The molecule has 1 aromatic carbocycles. The average molecular weight is 262 g/mol. The maximum atomic E-state index is 13.6. The Balaban J connectivity index is 2.39. The molecule has 2 heterocycles. The number of rotatable bonds is 1. The summed E-state index contributed by atoms with van der Waals surface area (Å²) in [4.78, 5) is 15.1. The van der Waals surface area contributed by atoms with E-state index in [4.69, 9.17) is 15.6 Å². The van der Waals surface area contributed by atoms with Crippen LogP contribution in [-0.2, 0) is 11.3 Å². The van der Waals surface area contributed by atoms with Gasteiger partial charge in [0.1, 0.15) is 11.6 Å². The highest BCUT2D eigenvalue weighted by Gasteiger charge is 2.26. The van der Waals surface area contributed by atoms with Gasteiger partial charge in [-0.05, 0) is 18.6 Å². The average Bonchev–Trinajstić information content (AvgIpc) is 2.71. The fraction of sp³-hybridized carbons (Fsp3) is 0.231. The number of nitrogens with two attached hydrogens (primary N) is 1. The van der Waals surface area contributed by atoms with E-state index in [9.17, 15) is 9.18 Å². The predicted octanol–water partition coefficient (Wildman–Crippen LogP) is 2.25. The molecular formula is C13H11FN2O3. The molecule has 5 nitrogen and oxygen atoms in total. The van der Waals surface area contributed by atoms with E-state index in [-0.39, 0.29) is 11.7 Å². The quantitative estimate of drug-likeness (QED) is 0.823. The van der Waals surface area contributed by atoms with Gasteiger partial charge in [0, 0.05) is 17.0 Å². The van der Waals surface area contributed by atoms with E-state index in [2.05, 4.69) is 4.98 Å². The number of carboxylic acids is 1. The van der Waals surface area contributed by atoms with Crippen molar-refractivity contribution in [2.75, 3.05) is 5.73 Å². The van der Waals surface area contributed by atoms with Crippen LogP contribution in [0.1, 0.15) is 34.5 Å². The number of benzene rings is 1. The minimum Gasteiger partial charge on any atom is -0.478 e. The number of hydrogen-bond acceptors (Lipinski definition) is 4. The van der Waals surface area contributed by atoms with Crippen LogP contribution in [0.5, 0.6) is 0 Å². The molecule has 1 aliphatic rings. The Morgan fingerprint density at radius 1 is 1.58 bits per heavy atom. The van der Waals surface area contributed by atoms with Gasteiger partial charge in [0.2, 0.25) is 0 Å². The second-order valence-corrected chi connectivity index (χ2v) is 4.50. The first kappa shape index (κ1) is 11.9. The van der Waals surface area contributed by atoms with Crippen molar-refractivity contribution in [1.82, 2.24) is 4.98 Å². The third-order valence-corrected chi connectivity index (χ3v) is 3.37. The van der Waals surface area contributed by atoms with Crippen LogP contribution in [0.3, 0.4) is 0 Å². The Bertz CT molecular complexity index is 715. The van der Waals surface area contributed by atoms with Gasteiger partial charge in [-0.15, -0.1) is 0 Å². The van der Waals surface area contributed by atoms with E-state index >= 15 is 0 Å². The molecule has 0 saturated carbocycles. The van der Waals surface area contributed by atoms with E-state index in [1.165, 1.54) is 6.07 Å². The van der Waals surface area contributed by atoms with E-state index in [1.807, 2.05) is 6.92 Å². The van der Waals surface area contributed by atoms with Crippen molar-refractivity contribution in [3.05, 3.63) is 34.6 Å². The van der Waals surface area contributed by atoms with E-state index in [1.54, 1.807) is 0 Å². The van der Waals surface area contributed by atoms with Gasteiger partial charge >= 0.3 is 5.97 Å². The molecule has 3 N–H and O–H groups in total. The van der Waals surface area contributed by atoms with Gasteiger partial charge in [-0.25, -0.2) is 14.2 Å². The molecule has 3 rings (SSSR count). The number of pyridine rings is 1. The lowest BCUT2D eigenvalue weighted by molar-refractivity contribution is 0.0692. The molecule has 19 heavy (non-hydrogen) atoms. The normalized spacial score (nSPS) is 17.7. The largest absolute Gasteiger partial charge is 0.478 e. The number of aromatic carboxylic acids is 1. The summed E-state index contributed by atoms with van der Waals surface area (Å²) in [6, 6.07) is 2.39. The first-order valence-corrected chi connectivity index (χ1v) is 5.75. The number of aromatic nitrogens is 1. The minimum atomic E-state index is -1.31. The number of nitrogens with zero attached hydrogens (tertiary/aromatic N) is 1. The zero-order chi connectivity index (χ0) is 13.7. The molecule has 0 radical (unpaired) electrons. The maximum Gasteiger partial charge on any atom is 0.338 e. The van der Waals surface area contributed by atoms with Crippen LogP contribution in [0, 0.1) is 5.82 Å². The lowest BCUT2D eigenvalue weighted by Gasteiger charge is -2.10. The van der Waals surface area contributed by atoms with Crippen molar-refractivity contribution in [2.24, 2.45) is 0 Å². The Hall–Kier alpha value is -2.21. The molecule has 1 atom stereocenters. The van der Waals surface area contributed by atoms with Crippen LogP contribution in [0.15, 0.2) is 12.1 Å². The Morgan fingerprint density at radius 2 is 2.32 bits per heavy atom. The summed E-state index contributed by atoms with van der Waals surface area (Å²) in [5.41, 5.74) is 7.37. The van der Waals surface area contributed by atoms with E-state index in [0.717, 1.165) is 17.2 Å². The molecule has 0 saturated heterocycles. The topological polar surface area (TPSA) is 85.4 Å². The predicted molar refractivity (Wildman–Crippen MR) is 66.3 cm³/mol. The maximum absolute atomic E-state index is 13.6. The van der Waals surface area contributed by atoms with Gasteiger partial charge in [0.15, 0.2) is 0 Å². The summed E-state index contributed by atoms with van der Waals surface area (Å²) in [7, 11) is 0. The van der Waals surface area contributed by atoms with Gasteiger partial charge in [0.25, 0.3) is 0 Å². The standard InChI is InChI=1S/C13H11FN2O3/c1-5-11-8(4-19-5)6-2-7(13(17)18)9(14)3-10(6)16-12(11)15/h2-3,5H,4H2,1H3,(H2,15,16)(H,17,18)/t5-/m1/s1. The zero-order valence-corrected chi connectivity index (χ0v) is 10.1. The third-order valence-electron chi connectivity index (χ3n) is 3.37. The SMILES string of the molecule is C[C@H]1OCc2c1c(N)nc1cc(F)c(C(=O)O)cc21. The van der Waals surface area contributed by atoms with Gasteiger partial charge < -0.3 is 15.6 Å². The molecule has 0 amide bonds. The summed E-state index contributed by atoms with van der Waals surface area (Å²) >= 11 is 0. The Morgan fingerprint density at radius 3 is 3.00 bits per heavy atom. The van der Waals surface area contributed by atoms with Crippen molar-refractivity contribution in [2.45, 2.75) is 19.6 Å². The molecule has 98 valence electrons. The van der Waals surface area contributed by atoms with Crippen LogP contribution in [0.25, 0.3) is 10.9 Å². The lowest BCUT2D eigenvalue weighted by Crippen LogP contribution is -2.04. The number of ether oxygens (including phenoxy) is 1. The smallest absolute Gasteiger partial charge is 0.338 e. The number of anilines is 1. The fourth-order valence-corrected chi connectivity index (χ4v) is 2.45. The van der Waals surface area contributed by atoms with Crippen molar-refractivity contribution in [3.8, 4) is 0 Å². The number of carbonyl (C=O) groups is 1. The molecule has 0 bridgehead atoms. The fourth-order valence-electron chi connectivity index (χ4n) is 2.45. The van der Waals surface area contributed by atoms with Crippen LogP contribution in [-0.4, -0.2) is 16.1 Å². The highest BCUT2D eigenvalue weighted by molar-refractivity contribution is 5.95. The number of hydrogen-bond donors (Lipinski definition) is 2. The van der Waals surface area contributed by atoms with E-state index in [0.29, 0.717) is 23.3 Å². The molecule has 6 heteroatoms. The molecule has 1 aliphatic heterocycles. The first-order valence-electron chi connectivity index (χ1n) is 5.75. The third kappa shape index (κ3) is 1.64. The molecule has 0 unspecified atom stereocenters. The van der Waals surface area contributed by atoms with Crippen molar-refractivity contribution >= 4 is 22.7 Å². The monoisotopic (exact) mass is 262 g/mol. The summed E-state index contributed by atoms with van der Waals surface area (Å²) in [6.07, 6.45) is -0.190. The summed E-state index contributed by atoms with van der Waals surface area (Å²) in [6.45, 7) is 2.17. The highest BCUT2D eigenvalue weighted by Crippen LogP contribution is 2.38. The van der Waals surface area contributed by atoms with Gasteiger partial charge in [-0.1, -0.05) is 0 Å². The summed E-state index contributed by atoms with van der Waals surface area (Å²) in [5.74, 6) is -1.83. The summed E-state index contributed by atoms with van der Waals surface area (Å²) in [5, 5.41) is 9.54. The van der Waals surface area contributed by atoms with Crippen LogP contribution in [0.2, 0.25) is 0 Å². The lowest BCUT2D eigenvalue weighted by atomic mass is 10.00. The van der Waals surface area contributed by atoms with Crippen molar-refractivity contribution in [1.29, 1.82) is 0 Å². The van der Waals surface area contributed by atoms with Gasteiger partial charge in [-0.2, -0.15) is 0 Å². The van der Waals surface area contributed by atoms with Gasteiger partial charge in [-0.3, -0.25) is 0 Å². The Kier molecular flexibility index (Phi) is 2.43. The van der Waals surface area contributed by atoms with Crippen LogP contribution < -0.4 is 5.73 Å². The second-order valence-electron chi connectivity index (χ2n) is 4.50. The Labute approximate surface area is 107 Å². The summed E-state index contributed by atoms with van der Waals surface area (Å²) < 4.78 is 19.1. The zero-order valence-electron chi connectivity index (χ0n) is 10.1. The van der Waals surface area contributed by atoms with Crippen LogP contribution in [0.4, 0.5) is 10.2 Å².